The number of nitrogens with zero attached hydrogens (tertiary/aromatic N) is 1. The van der Waals surface area contributed by atoms with E-state index in [2.05, 4.69) is 21.2 Å². The summed E-state index contributed by atoms with van der Waals surface area (Å²) in [6.45, 7) is 10.4. The van der Waals surface area contributed by atoms with Gasteiger partial charge in [-0.2, -0.15) is 0 Å². The maximum Gasteiger partial charge on any atom is 0.261 e. The first-order chi connectivity index (χ1) is 15.1. The molecule has 0 aliphatic heterocycles. The van der Waals surface area contributed by atoms with Gasteiger partial charge in [-0.25, -0.2) is 0 Å². The van der Waals surface area contributed by atoms with Crippen LogP contribution < -0.4 is 14.8 Å². The molecule has 2 aromatic carbocycles. The molecule has 174 valence electrons. The zero-order valence-corrected chi connectivity index (χ0v) is 21.3. The molecule has 0 radical (unpaired) electrons. The van der Waals surface area contributed by atoms with Crippen molar-refractivity contribution in [3.05, 3.63) is 57.6 Å². The van der Waals surface area contributed by atoms with Gasteiger partial charge in [0.1, 0.15) is 17.5 Å². The first-order valence-electron chi connectivity index (χ1n) is 10.7. The number of aryl methyl sites for hydroxylation is 2. The van der Waals surface area contributed by atoms with Gasteiger partial charge < -0.3 is 19.7 Å². The van der Waals surface area contributed by atoms with E-state index in [1.807, 2.05) is 64.1 Å². The molecular formula is C25H33BrN2O4. The number of methoxy groups -OCH3 is 1. The Bertz CT molecular complexity index is 922. The summed E-state index contributed by atoms with van der Waals surface area (Å²) in [5.41, 5.74) is 2.93. The summed E-state index contributed by atoms with van der Waals surface area (Å²) in [6, 6.07) is 10.6. The smallest absolute Gasteiger partial charge is 0.261 e. The maximum atomic E-state index is 13.2. The molecule has 0 saturated heterocycles. The van der Waals surface area contributed by atoms with Gasteiger partial charge in [0.2, 0.25) is 5.91 Å². The van der Waals surface area contributed by atoms with Crippen LogP contribution in [0.2, 0.25) is 0 Å². The van der Waals surface area contributed by atoms with Crippen molar-refractivity contribution in [3.63, 3.8) is 0 Å². The molecule has 0 unspecified atom stereocenters. The molecule has 2 amide bonds. The fourth-order valence-corrected chi connectivity index (χ4v) is 3.45. The van der Waals surface area contributed by atoms with E-state index in [0.717, 1.165) is 21.2 Å². The van der Waals surface area contributed by atoms with Crippen LogP contribution in [0.3, 0.4) is 0 Å². The van der Waals surface area contributed by atoms with Crippen molar-refractivity contribution >= 4 is 27.7 Å². The number of amides is 2. The molecule has 0 fully saturated rings. The third kappa shape index (κ3) is 7.26. The molecule has 1 atom stereocenters. The van der Waals surface area contributed by atoms with Crippen LogP contribution in [-0.2, 0) is 16.1 Å². The number of benzene rings is 2. The van der Waals surface area contributed by atoms with Gasteiger partial charge in [-0.15, -0.1) is 0 Å². The number of carbonyl (C=O) groups excluding carboxylic acids is 2. The van der Waals surface area contributed by atoms with Crippen molar-refractivity contribution in [2.24, 2.45) is 5.92 Å². The summed E-state index contributed by atoms with van der Waals surface area (Å²) in [4.78, 5) is 27.5. The minimum atomic E-state index is -0.649. The van der Waals surface area contributed by atoms with E-state index in [4.69, 9.17) is 9.47 Å². The molecule has 6 nitrogen and oxygen atoms in total. The highest BCUT2D eigenvalue weighted by atomic mass is 79.9. The molecule has 0 aliphatic rings. The van der Waals surface area contributed by atoms with Crippen molar-refractivity contribution in [1.29, 1.82) is 0 Å². The van der Waals surface area contributed by atoms with Crippen LogP contribution in [0.25, 0.3) is 0 Å². The average molecular weight is 505 g/mol. The second-order valence-electron chi connectivity index (χ2n) is 8.35. The standard InChI is InChI=1S/C25H33BrN2O4/c1-16(2)13-27-25(30)19(5)28(14-20-8-7-9-21(12-20)31-6)23(29)15-32-22-10-17(3)24(26)18(4)11-22/h7-12,16,19H,13-15H2,1-6H3,(H,27,30)/t19-/m1/s1. The molecule has 0 aliphatic carbocycles. The highest BCUT2D eigenvalue weighted by molar-refractivity contribution is 9.10. The van der Waals surface area contributed by atoms with Crippen molar-refractivity contribution in [3.8, 4) is 11.5 Å². The van der Waals surface area contributed by atoms with Crippen LogP contribution in [0.5, 0.6) is 11.5 Å². The van der Waals surface area contributed by atoms with Gasteiger partial charge in [-0.05, 0) is 67.6 Å². The number of hydrogen-bond acceptors (Lipinski definition) is 4. The summed E-state index contributed by atoms with van der Waals surface area (Å²) in [5.74, 6) is 1.18. The van der Waals surface area contributed by atoms with Gasteiger partial charge in [0.05, 0.1) is 7.11 Å². The Morgan fingerprint density at radius 1 is 1.06 bits per heavy atom. The third-order valence-electron chi connectivity index (χ3n) is 5.11. The molecule has 2 rings (SSSR count). The Morgan fingerprint density at radius 3 is 2.31 bits per heavy atom. The van der Waals surface area contributed by atoms with Crippen molar-refractivity contribution in [1.82, 2.24) is 10.2 Å². The predicted molar refractivity (Wildman–Crippen MR) is 130 cm³/mol. The van der Waals surface area contributed by atoms with Gasteiger partial charge in [0.25, 0.3) is 5.91 Å². The molecule has 32 heavy (non-hydrogen) atoms. The van der Waals surface area contributed by atoms with Gasteiger partial charge in [-0.3, -0.25) is 9.59 Å². The summed E-state index contributed by atoms with van der Waals surface area (Å²) >= 11 is 3.54. The molecule has 0 spiro atoms. The summed E-state index contributed by atoms with van der Waals surface area (Å²) in [5, 5.41) is 2.92. The number of rotatable bonds is 10. The second kappa shape index (κ2) is 11.9. The fourth-order valence-electron chi connectivity index (χ4n) is 3.22. The molecule has 0 saturated carbocycles. The Labute approximate surface area is 199 Å². The van der Waals surface area contributed by atoms with E-state index in [1.165, 1.54) is 0 Å². The second-order valence-corrected chi connectivity index (χ2v) is 9.14. The number of ether oxygens (including phenoxy) is 2. The zero-order valence-electron chi connectivity index (χ0n) is 19.7. The van der Waals surface area contributed by atoms with Crippen LogP contribution in [-0.4, -0.2) is 43.0 Å². The quantitative estimate of drug-likeness (QED) is 0.511. The maximum absolute atomic E-state index is 13.2. The lowest BCUT2D eigenvalue weighted by Gasteiger charge is -2.29. The number of hydrogen-bond donors (Lipinski definition) is 1. The lowest BCUT2D eigenvalue weighted by molar-refractivity contribution is -0.142. The lowest BCUT2D eigenvalue weighted by Crippen LogP contribution is -2.49. The minimum absolute atomic E-state index is 0.160. The molecular weight excluding hydrogens is 472 g/mol. The van der Waals surface area contributed by atoms with Crippen LogP contribution in [0, 0.1) is 19.8 Å². The van der Waals surface area contributed by atoms with Crippen LogP contribution >= 0.6 is 15.9 Å². The number of carbonyl (C=O) groups is 2. The van der Waals surface area contributed by atoms with E-state index >= 15 is 0 Å². The van der Waals surface area contributed by atoms with E-state index < -0.39 is 6.04 Å². The van der Waals surface area contributed by atoms with Crippen LogP contribution in [0.1, 0.15) is 37.5 Å². The van der Waals surface area contributed by atoms with Gasteiger partial charge in [-0.1, -0.05) is 41.9 Å². The highest BCUT2D eigenvalue weighted by Crippen LogP contribution is 2.26. The van der Waals surface area contributed by atoms with Gasteiger partial charge in [0.15, 0.2) is 6.61 Å². The van der Waals surface area contributed by atoms with E-state index in [1.54, 1.807) is 18.9 Å². The lowest BCUT2D eigenvalue weighted by atomic mass is 10.1. The van der Waals surface area contributed by atoms with E-state index in [0.29, 0.717) is 24.0 Å². The monoisotopic (exact) mass is 504 g/mol. The largest absolute Gasteiger partial charge is 0.497 e. The minimum Gasteiger partial charge on any atom is -0.497 e. The van der Waals surface area contributed by atoms with Gasteiger partial charge in [0, 0.05) is 17.6 Å². The average Bonchev–Trinajstić information content (AvgIpc) is 2.77. The van der Waals surface area contributed by atoms with E-state index in [9.17, 15) is 9.59 Å². The SMILES string of the molecule is COc1cccc(CN(C(=O)COc2cc(C)c(Br)c(C)c2)[C@H](C)C(=O)NCC(C)C)c1. The highest BCUT2D eigenvalue weighted by Gasteiger charge is 2.26. The molecule has 0 aromatic heterocycles. The summed E-state index contributed by atoms with van der Waals surface area (Å²) < 4.78 is 12.1. The molecule has 1 N–H and O–H groups in total. The van der Waals surface area contributed by atoms with Crippen molar-refractivity contribution in [2.75, 3.05) is 20.3 Å². The fraction of sp³-hybridized carbons (Fsp3) is 0.440. The number of halogens is 1. The van der Waals surface area contributed by atoms with Crippen molar-refractivity contribution in [2.45, 2.75) is 47.2 Å². The van der Waals surface area contributed by atoms with Crippen LogP contribution in [0.4, 0.5) is 0 Å². The van der Waals surface area contributed by atoms with E-state index in [-0.39, 0.29) is 25.0 Å². The first kappa shape index (κ1) is 25.7. The molecule has 0 heterocycles. The topological polar surface area (TPSA) is 67.9 Å². The predicted octanol–water partition coefficient (Wildman–Crippen LogP) is 4.64. The Hall–Kier alpha value is -2.54. The van der Waals surface area contributed by atoms with Crippen LogP contribution in [0.15, 0.2) is 40.9 Å². The molecule has 0 bridgehead atoms. The Balaban J connectivity index is 2.19. The Morgan fingerprint density at radius 2 is 1.72 bits per heavy atom. The Kier molecular flexibility index (Phi) is 9.57. The third-order valence-corrected chi connectivity index (χ3v) is 6.36. The normalized spacial score (nSPS) is 11.8. The van der Waals surface area contributed by atoms with Crippen molar-refractivity contribution < 1.29 is 19.1 Å². The number of nitrogens with one attached hydrogen (secondary N) is 1. The zero-order chi connectivity index (χ0) is 23.8. The molecule has 7 heteroatoms. The summed E-state index contributed by atoms with van der Waals surface area (Å²) in [7, 11) is 1.60. The molecule has 2 aromatic rings. The summed E-state index contributed by atoms with van der Waals surface area (Å²) in [6.07, 6.45) is 0. The van der Waals surface area contributed by atoms with Gasteiger partial charge >= 0.3 is 0 Å². The first-order valence-corrected chi connectivity index (χ1v) is 11.5.